The Morgan fingerprint density at radius 2 is 1.91 bits per heavy atom. The maximum Gasteiger partial charge on any atom is 0.272 e. The third kappa shape index (κ3) is 3.44. The topological polar surface area (TPSA) is 72.3 Å². The van der Waals surface area contributed by atoms with Crippen LogP contribution in [0.4, 0.5) is 0 Å². The molecule has 1 atom stereocenters. The zero-order valence-corrected chi connectivity index (χ0v) is 14.7. The summed E-state index contributed by atoms with van der Waals surface area (Å²) in [6, 6.07) is 1.76. The molecule has 1 aromatic heterocycles. The van der Waals surface area contributed by atoms with E-state index in [1.807, 2.05) is 11.8 Å². The van der Waals surface area contributed by atoms with Crippen molar-refractivity contribution in [1.82, 2.24) is 14.7 Å². The number of hydrogen-bond donors (Lipinski definition) is 0. The number of aromatic nitrogens is 2. The molecular formula is C16H25N3O3S. The van der Waals surface area contributed by atoms with Gasteiger partial charge < -0.3 is 4.90 Å². The lowest BCUT2D eigenvalue weighted by atomic mass is 9.92. The molecule has 1 aliphatic heterocycles. The maximum atomic E-state index is 13.1. The number of aryl methyl sites for hydroxylation is 2. The van der Waals surface area contributed by atoms with Crippen molar-refractivity contribution in [1.29, 1.82) is 0 Å². The van der Waals surface area contributed by atoms with E-state index in [4.69, 9.17) is 0 Å². The Bertz CT molecular complexity index is 689. The zero-order valence-electron chi connectivity index (χ0n) is 13.9. The molecule has 1 aromatic rings. The second-order valence-electron chi connectivity index (χ2n) is 6.86. The van der Waals surface area contributed by atoms with Crippen molar-refractivity contribution in [2.75, 3.05) is 11.5 Å². The SMILES string of the molecule is Cc1cc(C(=O)N(C2CCCCC2)[C@H]2CCS(=O)(=O)C2)n(C)n1. The number of rotatable bonds is 3. The van der Waals surface area contributed by atoms with Crippen molar-refractivity contribution in [2.45, 2.75) is 57.5 Å². The van der Waals surface area contributed by atoms with Gasteiger partial charge in [0.2, 0.25) is 0 Å². The highest BCUT2D eigenvalue weighted by Gasteiger charge is 2.39. The maximum absolute atomic E-state index is 13.1. The first-order valence-electron chi connectivity index (χ1n) is 8.41. The van der Waals surface area contributed by atoms with Gasteiger partial charge in [0.1, 0.15) is 5.69 Å². The van der Waals surface area contributed by atoms with Crippen LogP contribution in [-0.2, 0) is 16.9 Å². The molecule has 0 unspecified atom stereocenters. The lowest BCUT2D eigenvalue weighted by Gasteiger charge is -2.38. The van der Waals surface area contributed by atoms with E-state index in [0.29, 0.717) is 12.1 Å². The molecule has 0 aromatic carbocycles. The summed E-state index contributed by atoms with van der Waals surface area (Å²) in [5.74, 6) is 0.229. The van der Waals surface area contributed by atoms with Gasteiger partial charge >= 0.3 is 0 Å². The molecule has 1 aliphatic carbocycles. The van der Waals surface area contributed by atoms with Gasteiger partial charge in [0, 0.05) is 19.1 Å². The normalized spacial score (nSPS) is 24.7. The van der Waals surface area contributed by atoms with Crippen LogP contribution in [0, 0.1) is 6.92 Å². The first-order valence-corrected chi connectivity index (χ1v) is 10.2. The molecule has 0 bridgehead atoms. The summed E-state index contributed by atoms with van der Waals surface area (Å²) >= 11 is 0. The van der Waals surface area contributed by atoms with E-state index >= 15 is 0 Å². The van der Waals surface area contributed by atoms with E-state index in [1.54, 1.807) is 17.8 Å². The molecule has 0 spiro atoms. The smallest absolute Gasteiger partial charge is 0.272 e. The fourth-order valence-electron chi connectivity index (χ4n) is 3.93. The highest BCUT2D eigenvalue weighted by atomic mass is 32.2. The minimum absolute atomic E-state index is 0.0675. The van der Waals surface area contributed by atoms with Gasteiger partial charge in [0.05, 0.1) is 17.2 Å². The summed E-state index contributed by atoms with van der Waals surface area (Å²) in [5.41, 5.74) is 1.36. The Morgan fingerprint density at radius 3 is 2.43 bits per heavy atom. The average Bonchev–Trinajstić information content (AvgIpc) is 3.02. The first kappa shape index (κ1) is 16.5. The third-order valence-electron chi connectivity index (χ3n) is 5.03. The van der Waals surface area contributed by atoms with E-state index in [2.05, 4.69) is 5.10 Å². The number of amides is 1. The van der Waals surface area contributed by atoms with E-state index < -0.39 is 9.84 Å². The highest BCUT2D eigenvalue weighted by Crippen LogP contribution is 2.29. The van der Waals surface area contributed by atoms with Crippen LogP contribution in [0.3, 0.4) is 0 Å². The second kappa shape index (κ2) is 6.26. The molecule has 2 fully saturated rings. The first-order chi connectivity index (χ1) is 10.9. The van der Waals surface area contributed by atoms with Gasteiger partial charge in [0.25, 0.3) is 5.91 Å². The summed E-state index contributed by atoms with van der Waals surface area (Å²) < 4.78 is 25.4. The Kier molecular flexibility index (Phi) is 4.49. The van der Waals surface area contributed by atoms with Crippen LogP contribution < -0.4 is 0 Å². The lowest BCUT2D eigenvalue weighted by molar-refractivity contribution is 0.0530. The summed E-state index contributed by atoms with van der Waals surface area (Å²) in [5, 5.41) is 4.27. The minimum Gasteiger partial charge on any atom is -0.330 e. The van der Waals surface area contributed by atoms with Gasteiger partial charge in [-0.3, -0.25) is 9.48 Å². The average molecular weight is 339 g/mol. The monoisotopic (exact) mass is 339 g/mol. The van der Waals surface area contributed by atoms with Crippen LogP contribution in [0.5, 0.6) is 0 Å². The molecule has 3 rings (SSSR count). The van der Waals surface area contributed by atoms with Crippen LogP contribution >= 0.6 is 0 Å². The lowest BCUT2D eigenvalue weighted by Crippen LogP contribution is -2.49. The van der Waals surface area contributed by atoms with E-state index in [0.717, 1.165) is 31.4 Å². The van der Waals surface area contributed by atoms with Gasteiger partial charge in [-0.15, -0.1) is 0 Å². The Labute approximate surface area is 137 Å². The van der Waals surface area contributed by atoms with Gasteiger partial charge in [-0.05, 0) is 32.3 Å². The number of hydrogen-bond acceptors (Lipinski definition) is 4. The quantitative estimate of drug-likeness (QED) is 0.840. The molecular weight excluding hydrogens is 314 g/mol. The molecule has 0 radical (unpaired) electrons. The number of nitrogens with zero attached hydrogens (tertiary/aromatic N) is 3. The summed E-state index contributed by atoms with van der Waals surface area (Å²) in [7, 11) is -1.25. The van der Waals surface area contributed by atoms with Gasteiger partial charge in [-0.1, -0.05) is 19.3 Å². The van der Waals surface area contributed by atoms with Crippen molar-refractivity contribution in [2.24, 2.45) is 7.05 Å². The molecule has 23 heavy (non-hydrogen) atoms. The predicted octanol–water partition coefficient (Wildman–Crippen LogP) is 1.69. The number of carbonyl (C=O) groups is 1. The molecule has 6 nitrogen and oxygen atoms in total. The molecule has 128 valence electrons. The molecule has 1 amide bonds. The fourth-order valence-corrected chi connectivity index (χ4v) is 5.64. The van der Waals surface area contributed by atoms with Crippen molar-refractivity contribution < 1.29 is 13.2 Å². The van der Waals surface area contributed by atoms with E-state index in [1.165, 1.54) is 6.42 Å². The number of carbonyl (C=O) groups excluding carboxylic acids is 1. The fraction of sp³-hybridized carbons (Fsp3) is 0.750. The molecule has 1 saturated heterocycles. The summed E-state index contributed by atoms with van der Waals surface area (Å²) in [6.45, 7) is 1.86. The van der Waals surface area contributed by atoms with Crippen LogP contribution in [0.15, 0.2) is 6.07 Å². The summed E-state index contributed by atoms with van der Waals surface area (Å²) in [6.07, 6.45) is 5.92. The van der Waals surface area contributed by atoms with Gasteiger partial charge in [0.15, 0.2) is 9.84 Å². The minimum atomic E-state index is -3.02. The molecule has 2 heterocycles. The largest absolute Gasteiger partial charge is 0.330 e. The molecule has 1 saturated carbocycles. The van der Waals surface area contributed by atoms with Crippen molar-refractivity contribution in [3.8, 4) is 0 Å². The molecule has 0 N–H and O–H groups in total. The van der Waals surface area contributed by atoms with E-state index in [9.17, 15) is 13.2 Å². The van der Waals surface area contributed by atoms with Gasteiger partial charge in [-0.25, -0.2) is 8.42 Å². The van der Waals surface area contributed by atoms with Crippen LogP contribution in [-0.4, -0.2) is 52.6 Å². The van der Waals surface area contributed by atoms with Crippen LogP contribution in [0.1, 0.15) is 54.7 Å². The Balaban J connectivity index is 1.91. The van der Waals surface area contributed by atoms with Crippen molar-refractivity contribution in [3.05, 3.63) is 17.5 Å². The zero-order chi connectivity index (χ0) is 16.6. The molecule has 2 aliphatic rings. The third-order valence-corrected chi connectivity index (χ3v) is 6.78. The van der Waals surface area contributed by atoms with Crippen molar-refractivity contribution >= 4 is 15.7 Å². The Morgan fingerprint density at radius 1 is 1.22 bits per heavy atom. The predicted molar refractivity (Wildman–Crippen MR) is 88.0 cm³/mol. The number of sulfone groups is 1. The summed E-state index contributed by atoms with van der Waals surface area (Å²) in [4.78, 5) is 15.0. The second-order valence-corrected chi connectivity index (χ2v) is 9.08. The Hall–Kier alpha value is -1.37. The van der Waals surface area contributed by atoms with Crippen molar-refractivity contribution in [3.63, 3.8) is 0 Å². The van der Waals surface area contributed by atoms with Gasteiger partial charge in [-0.2, -0.15) is 5.10 Å². The standard InChI is InChI=1S/C16H25N3O3S/c1-12-10-15(18(2)17-12)16(20)19(13-6-4-3-5-7-13)14-8-9-23(21,22)11-14/h10,13-14H,3-9,11H2,1-2H3/t14-/m0/s1. The van der Waals surface area contributed by atoms with Crippen LogP contribution in [0.25, 0.3) is 0 Å². The van der Waals surface area contributed by atoms with E-state index in [-0.39, 0.29) is 29.5 Å². The molecule has 7 heteroatoms. The highest BCUT2D eigenvalue weighted by molar-refractivity contribution is 7.91. The van der Waals surface area contributed by atoms with Crippen LogP contribution in [0.2, 0.25) is 0 Å².